The van der Waals surface area contributed by atoms with Crippen molar-refractivity contribution in [1.82, 2.24) is 15.0 Å². The maximum atomic E-state index is 12.6. The number of aromatic nitrogens is 3. The molecular weight excluding hydrogens is 404 g/mol. The number of anilines is 1. The summed E-state index contributed by atoms with van der Waals surface area (Å²) in [6.45, 7) is 0.145. The second-order valence-corrected chi connectivity index (χ2v) is 8.42. The number of ketones is 1. The first kappa shape index (κ1) is 21.5. The molecule has 2 heterocycles. The number of nitrogen functional groups attached to an aromatic ring is 1. The molecule has 2 aromatic heterocycles. The van der Waals surface area contributed by atoms with E-state index in [0.29, 0.717) is 18.5 Å². The Bertz CT molecular complexity index is 1120. The zero-order valence-electron chi connectivity index (χ0n) is 16.5. The van der Waals surface area contributed by atoms with Crippen molar-refractivity contribution < 1.29 is 17.4 Å². The number of hydrogen-bond acceptors (Lipinski definition) is 8. The lowest BCUT2D eigenvalue weighted by atomic mass is 10.1. The highest BCUT2D eigenvalue weighted by Crippen LogP contribution is 2.20. The Kier molecular flexibility index (Phi) is 6.86. The lowest BCUT2D eigenvalue weighted by Gasteiger charge is -2.08. The summed E-state index contributed by atoms with van der Waals surface area (Å²) in [5, 5.41) is 0. The molecular formula is C21H22N4O4S. The number of carbonyl (C=O) groups excluding carboxylic acids is 1. The zero-order valence-corrected chi connectivity index (χ0v) is 17.3. The van der Waals surface area contributed by atoms with Crippen molar-refractivity contribution in [3.05, 3.63) is 71.8 Å². The summed E-state index contributed by atoms with van der Waals surface area (Å²) in [7, 11) is -3.41. The molecule has 2 N–H and O–H groups in total. The molecule has 0 unspecified atom stereocenters. The number of Topliss-reactive ketones (excluding diaryl/α,β-unsaturated/α-hetero) is 1. The number of aryl methyl sites for hydroxylation is 1. The Morgan fingerprint density at radius 1 is 1.10 bits per heavy atom. The van der Waals surface area contributed by atoms with Gasteiger partial charge in [0.1, 0.15) is 5.69 Å². The van der Waals surface area contributed by atoms with E-state index in [1.165, 1.54) is 6.20 Å². The summed E-state index contributed by atoms with van der Waals surface area (Å²) in [4.78, 5) is 25.2. The topological polar surface area (TPSA) is 125 Å². The number of carbonyl (C=O) groups is 1. The monoisotopic (exact) mass is 426 g/mol. The molecule has 0 saturated heterocycles. The van der Waals surface area contributed by atoms with E-state index in [2.05, 4.69) is 15.0 Å². The van der Waals surface area contributed by atoms with Crippen LogP contribution in [0.5, 0.6) is 0 Å². The zero-order chi connectivity index (χ0) is 21.6. The highest BCUT2D eigenvalue weighted by Gasteiger charge is 2.15. The van der Waals surface area contributed by atoms with Crippen LogP contribution in [0.1, 0.15) is 28.0 Å². The molecule has 30 heavy (non-hydrogen) atoms. The average Bonchev–Trinajstić information content (AvgIpc) is 2.72. The van der Waals surface area contributed by atoms with E-state index >= 15 is 0 Å². The molecule has 8 nitrogen and oxygen atoms in total. The van der Waals surface area contributed by atoms with Crippen LogP contribution < -0.4 is 5.73 Å². The molecule has 0 spiro atoms. The molecule has 0 aliphatic rings. The standard InChI is InChI=1S/C21H22N4O4S/c1-30(27,28)29-11-3-5-15-6-8-17(9-7-15)18-14-24-21(22)20(25-18)19(26)12-16-4-2-10-23-13-16/h2,4,6-10,13-14H,3,5,11-12H2,1H3,(H2,22,24). The van der Waals surface area contributed by atoms with Crippen molar-refractivity contribution in [2.24, 2.45) is 0 Å². The van der Waals surface area contributed by atoms with Crippen LogP contribution in [0, 0.1) is 0 Å². The number of nitrogens with zero attached hydrogens (tertiary/aromatic N) is 3. The lowest BCUT2D eigenvalue weighted by molar-refractivity contribution is 0.0989. The summed E-state index contributed by atoms with van der Waals surface area (Å²) < 4.78 is 26.7. The Hall–Kier alpha value is -3.17. The molecule has 0 aliphatic heterocycles. The smallest absolute Gasteiger partial charge is 0.264 e. The number of rotatable bonds is 9. The molecule has 0 radical (unpaired) electrons. The molecule has 9 heteroatoms. The van der Waals surface area contributed by atoms with Gasteiger partial charge in [0.05, 0.1) is 24.8 Å². The second-order valence-electron chi connectivity index (χ2n) is 6.78. The number of benzene rings is 1. The fourth-order valence-electron chi connectivity index (χ4n) is 2.84. The van der Waals surface area contributed by atoms with Crippen LogP contribution in [-0.2, 0) is 27.1 Å². The molecule has 156 valence electrons. The first-order valence-corrected chi connectivity index (χ1v) is 11.1. The van der Waals surface area contributed by atoms with Crippen LogP contribution in [0.25, 0.3) is 11.3 Å². The number of nitrogens with two attached hydrogens (primary N) is 1. The minimum absolute atomic E-state index is 0.0927. The average molecular weight is 426 g/mol. The minimum atomic E-state index is -3.41. The van der Waals surface area contributed by atoms with Crippen LogP contribution in [-0.4, -0.2) is 42.0 Å². The molecule has 0 bridgehead atoms. The summed E-state index contributed by atoms with van der Waals surface area (Å²) >= 11 is 0. The van der Waals surface area contributed by atoms with Crippen LogP contribution in [0.15, 0.2) is 55.0 Å². The summed E-state index contributed by atoms with van der Waals surface area (Å²) in [6.07, 6.45) is 7.25. The summed E-state index contributed by atoms with van der Waals surface area (Å²) in [6, 6.07) is 11.2. The third-order valence-electron chi connectivity index (χ3n) is 4.31. The van der Waals surface area contributed by atoms with Gasteiger partial charge >= 0.3 is 0 Å². The Morgan fingerprint density at radius 2 is 1.87 bits per heavy atom. The van der Waals surface area contributed by atoms with E-state index in [0.717, 1.165) is 22.9 Å². The van der Waals surface area contributed by atoms with Gasteiger partial charge in [0.2, 0.25) is 0 Å². The van der Waals surface area contributed by atoms with Gasteiger partial charge in [0.25, 0.3) is 10.1 Å². The van der Waals surface area contributed by atoms with Gasteiger partial charge in [-0.05, 0) is 30.0 Å². The van der Waals surface area contributed by atoms with Crippen LogP contribution >= 0.6 is 0 Å². The van der Waals surface area contributed by atoms with Crippen molar-refractivity contribution in [3.8, 4) is 11.3 Å². The van der Waals surface area contributed by atoms with E-state index in [1.807, 2.05) is 30.3 Å². The highest BCUT2D eigenvalue weighted by molar-refractivity contribution is 7.85. The maximum absolute atomic E-state index is 12.6. The minimum Gasteiger partial charge on any atom is -0.382 e. The quantitative estimate of drug-likeness (QED) is 0.314. The fraction of sp³-hybridized carbons (Fsp3) is 0.238. The third kappa shape index (κ3) is 6.16. The van der Waals surface area contributed by atoms with Gasteiger partial charge in [-0.15, -0.1) is 0 Å². The fourth-order valence-corrected chi connectivity index (χ4v) is 3.26. The number of hydrogen-bond donors (Lipinski definition) is 1. The molecule has 0 saturated carbocycles. The van der Waals surface area contributed by atoms with Gasteiger partial charge in [-0.1, -0.05) is 30.3 Å². The van der Waals surface area contributed by atoms with Crippen molar-refractivity contribution in [1.29, 1.82) is 0 Å². The highest BCUT2D eigenvalue weighted by atomic mass is 32.2. The normalized spacial score (nSPS) is 11.4. The molecule has 3 rings (SSSR count). The van der Waals surface area contributed by atoms with Gasteiger partial charge < -0.3 is 5.73 Å². The Balaban J connectivity index is 1.68. The first-order chi connectivity index (χ1) is 14.3. The van der Waals surface area contributed by atoms with Crippen LogP contribution in [0.4, 0.5) is 5.82 Å². The largest absolute Gasteiger partial charge is 0.382 e. The van der Waals surface area contributed by atoms with Crippen molar-refractivity contribution in [2.45, 2.75) is 19.3 Å². The molecule has 0 amide bonds. The molecule has 3 aromatic rings. The molecule has 0 aliphatic carbocycles. The third-order valence-corrected chi connectivity index (χ3v) is 4.90. The second kappa shape index (κ2) is 9.55. The van der Waals surface area contributed by atoms with E-state index in [-0.39, 0.29) is 30.3 Å². The van der Waals surface area contributed by atoms with Crippen LogP contribution in [0.2, 0.25) is 0 Å². The maximum Gasteiger partial charge on any atom is 0.264 e. The van der Waals surface area contributed by atoms with Crippen molar-refractivity contribution in [3.63, 3.8) is 0 Å². The molecule has 0 atom stereocenters. The van der Waals surface area contributed by atoms with Gasteiger partial charge in [0, 0.05) is 24.4 Å². The summed E-state index contributed by atoms with van der Waals surface area (Å²) in [5.41, 5.74) is 9.18. The molecule has 1 aromatic carbocycles. The van der Waals surface area contributed by atoms with Gasteiger partial charge in [0.15, 0.2) is 11.6 Å². The number of pyridine rings is 1. The van der Waals surface area contributed by atoms with E-state index in [1.54, 1.807) is 18.5 Å². The predicted octanol–water partition coefficient (Wildman–Crippen LogP) is 2.46. The van der Waals surface area contributed by atoms with Gasteiger partial charge in [-0.3, -0.25) is 14.0 Å². The Labute approximate surface area is 175 Å². The van der Waals surface area contributed by atoms with Crippen LogP contribution in [0.3, 0.4) is 0 Å². The Morgan fingerprint density at radius 3 is 2.53 bits per heavy atom. The SMILES string of the molecule is CS(=O)(=O)OCCCc1ccc(-c2cnc(N)c(C(=O)Cc3cccnc3)n2)cc1. The van der Waals surface area contributed by atoms with Crippen molar-refractivity contribution >= 4 is 21.7 Å². The van der Waals surface area contributed by atoms with E-state index in [4.69, 9.17) is 9.92 Å². The van der Waals surface area contributed by atoms with E-state index in [9.17, 15) is 13.2 Å². The first-order valence-electron chi connectivity index (χ1n) is 9.30. The molecule has 0 fully saturated rings. The summed E-state index contributed by atoms with van der Waals surface area (Å²) in [5.74, 6) is -0.132. The van der Waals surface area contributed by atoms with Gasteiger partial charge in [-0.25, -0.2) is 9.97 Å². The predicted molar refractivity (Wildman–Crippen MR) is 113 cm³/mol. The van der Waals surface area contributed by atoms with E-state index < -0.39 is 10.1 Å². The van der Waals surface area contributed by atoms with Gasteiger partial charge in [-0.2, -0.15) is 8.42 Å². The van der Waals surface area contributed by atoms with Crippen molar-refractivity contribution in [2.75, 3.05) is 18.6 Å². The lowest BCUT2D eigenvalue weighted by Crippen LogP contribution is -2.11.